The predicted molar refractivity (Wildman–Crippen MR) is 185 cm³/mol. The fraction of sp³-hybridized carbons (Fsp3) is 0.429. The average Bonchev–Trinajstić information content (AvgIpc) is 3.09. The molecule has 6 rings (SSSR count). The Morgan fingerprint density at radius 3 is 0.848 bits per heavy atom. The number of aromatic hydroxyl groups is 4. The van der Waals surface area contributed by atoms with Crippen molar-refractivity contribution in [3.8, 4) is 23.0 Å². The Labute approximate surface area is 274 Å². The molecule has 242 valence electrons. The quantitative estimate of drug-likeness (QED) is 0.150. The molecule has 0 amide bonds. The third-order valence-corrected chi connectivity index (χ3v) is 12.2. The molecule has 2 aliphatic rings. The molecule has 4 N–H and O–H groups in total. The van der Waals surface area contributed by atoms with Crippen LogP contribution in [0.5, 0.6) is 23.0 Å². The summed E-state index contributed by atoms with van der Waals surface area (Å²) in [4.78, 5) is 0. The lowest BCUT2D eigenvalue weighted by Gasteiger charge is -2.48. The minimum absolute atomic E-state index is 0.115. The van der Waals surface area contributed by atoms with Gasteiger partial charge in [0.25, 0.3) is 0 Å². The van der Waals surface area contributed by atoms with E-state index in [1.807, 2.05) is 48.5 Å². The zero-order valence-electron chi connectivity index (χ0n) is 27.4. The molecule has 2 unspecified atom stereocenters. The second kappa shape index (κ2) is 13.4. The summed E-state index contributed by atoms with van der Waals surface area (Å²) in [5.74, 6) is 3.90. The first kappa shape index (κ1) is 32.0. The minimum Gasteiger partial charge on any atom is -0.508 e. The Morgan fingerprint density at radius 2 is 0.652 bits per heavy atom. The molecule has 4 nitrogen and oxygen atoms in total. The Balaban J connectivity index is 1.21. The van der Waals surface area contributed by atoms with Crippen molar-refractivity contribution in [2.75, 3.05) is 0 Å². The van der Waals surface area contributed by atoms with E-state index in [2.05, 4.69) is 62.4 Å². The van der Waals surface area contributed by atoms with E-state index in [9.17, 15) is 20.4 Å². The van der Waals surface area contributed by atoms with Gasteiger partial charge < -0.3 is 20.4 Å². The molecule has 0 aromatic heterocycles. The van der Waals surface area contributed by atoms with Gasteiger partial charge in [-0.3, -0.25) is 0 Å². The minimum atomic E-state index is -0.115. The fourth-order valence-electron chi connectivity index (χ4n) is 9.70. The molecule has 0 heterocycles. The van der Waals surface area contributed by atoms with Gasteiger partial charge in [-0.1, -0.05) is 75.2 Å². The molecule has 0 saturated heterocycles. The highest BCUT2D eigenvalue weighted by Crippen LogP contribution is 2.54. The number of hydrogen-bond donors (Lipinski definition) is 4. The van der Waals surface area contributed by atoms with Crippen LogP contribution in [0.25, 0.3) is 0 Å². The van der Waals surface area contributed by atoms with Crippen LogP contribution in [0.3, 0.4) is 0 Å². The first-order chi connectivity index (χ1) is 22.3. The van der Waals surface area contributed by atoms with Crippen molar-refractivity contribution < 1.29 is 20.4 Å². The average molecular weight is 619 g/mol. The zero-order chi connectivity index (χ0) is 32.3. The second-order valence-electron chi connectivity index (χ2n) is 14.2. The molecule has 2 atom stereocenters. The number of phenolic OH excluding ortho intramolecular Hbond substituents is 4. The van der Waals surface area contributed by atoms with Crippen LogP contribution in [0.2, 0.25) is 0 Å². The highest BCUT2D eigenvalue weighted by Gasteiger charge is 2.45. The predicted octanol–water partition coefficient (Wildman–Crippen LogP) is 10.2. The maximum atomic E-state index is 10.0. The standard InChI is InChI=1S/C42H50O4/c1-3-39(29-21-25-41(26-22-29,31-5-13-35(43)14-6-31)32-7-15-36(44)16-8-32)40(4-2)30-23-27-42(28-24-30,33-9-17-37(45)18-10-33)34-11-19-38(46)20-12-34/h5-20,29-30,39-40,43-46H,3-4,21-28H2,1-2H3. The van der Waals surface area contributed by atoms with Crippen molar-refractivity contribution in [2.45, 2.75) is 88.9 Å². The SMILES string of the molecule is CCC(C1CCC(c2ccc(O)cc2)(c2ccc(O)cc2)CC1)C(CC)C1CCC(c2ccc(O)cc2)(c2ccc(O)cc2)CC1. The number of rotatable bonds is 9. The molecule has 0 bridgehead atoms. The fourth-order valence-corrected chi connectivity index (χ4v) is 9.70. The molecule has 2 fully saturated rings. The van der Waals surface area contributed by atoms with Gasteiger partial charge in [0.1, 0.15) is 23.0 Å². The highest BCUT2D eigenvalue weighted by molar-refractivity contribution is 5.45. The normalized spacial score (nSPS) is 19.8. The van der Waals surface area contributed by atoms with E-state index in [-0.39, 0.29) is 10.8 Å². The van der Waals surface area contributed by atoms with Crippen LogP contribution in [-0.2, 0) is 10.8 Å². The summed E-state index contributed by atoms with van der Waals surface area (Å²) in [7, 11) is 0. The van der Waals surface area contributed by atoms with Crippen LogP contribution >= 0.6 is 0 Å². The summed E-state index contributed by atoms with van der Waals surface area (Å²) >= 11 is 0. The molecule has 4 heteroatoms. The van der Waals surface area contributed by atoms with Gasteiger partial charge in [-0.05, 0) is 146 Å². The van der Waals surface area contributed by atoms with E-state index < -0.39 is 0 Å². The molecule has 46 heavy (non-hydrogen) atoms. The summed E-state index contributed by atoms with van der Waals surface area (Å²) in [6.07, 6.45) is 11.4. The van der Waals surface area contributed by atoms with E-state index in [4.69, 9.17) is 0 Å². The van der Waals surface area contributed by atoms with E-state index in [1.54, 1.807) is 0 Å². The monoisotopic (exact) mass is 618 g/mol. The molecule has 0 radical (unpaired) electrons. The number of phenols is 4. The van der Waals surface area contributed by atoms with Crippen molar-refractivity contribution in [3.05, 3.63) is 119 Å². The molecule has 4 aromatic rings. The van der Waals surface area contributed by atoms with Gasteiger partial charge >= 0.3 is 0 Å². The van der Waals surface area contributed by atoms with Crippen molar-refractivity contribution in [3.63, 3.8) is 0 Å². The van der Waals surface area contributed by atoms with Crippen molar-refractivity contribution >= 4 is 0 Å². The lowest BCUT2D eigenvalue weighted by atomic mass is 9.56. The van der Waals surface area contributed by atoms with Crippen LogP contribution in [0.1, 0.15) is 100 Å². The number of benzene rings is 4. The summed E-state index contributed by atoms with van der Waals surface area (Å²) in [6.45, 7) is 4.80. The van der Waals surface area contributed by atoms with Crippen LogP contribution in [-0.4, -0.2) is 20.4 Å². The molecular formula is C42H50O4. The summed E-state index contributed by atoms with van der Waals surface area (Å²) < 4.78 is 0. The van der Waals surface area contributed by atoms with Crippen LogP contribution < -0.4 is 0 Å². The molecule has 0 spiro atoms. The Kier molecular flexibility index (Phi) is 9.36. The number of hydrogen-bond acceptors (Lipinski definition) is 4. The van der Waals surface area contributed by atoms with Gasteiger partial charge in [-0.15, -0.1) is 0 Å². The summed E-state index contributed by atoms with van der Waals surface area (Å²) in [5.41, 5.74) is 4.78. The van der Waals surface area contributed by atoms with Crippen LogP contribution in [0, 0.1) is 23.7 Å². The van der Waals surface area contributed by atoms with Gasteiger partial charge in [0, 0.05) is 10.8 Å². The Bertz CT molecular complexity index is 1320. The maximum Gasteiger partial charge on any atom is 0.115 e. The van der Waals surface area contributed by atoms with Crippen LogP contribution in [0.15, 0.2) is 97.1 Å². The van der Waals surface area contributed by atoms with E-state index in [1.165, 1.54) is 60.8 Å². The lowest BCUT2D eigenvalue weighted by Crippen LogP contribution is -2.40. The smallest absolute Gasteiger partial charge is 0.115 e. The molecule has 2 aliphatic carbocycles. The van der Waals surface area contributed by atoms with E-state index >= 15 is 0 Å². The highest BCUT2D eigenvalue weighted by atomic mass is 16.3. The topological polar surface area (TPSA) is 80.9 Å². The first-order valence-electron chi connectivity index (χ1n) is 17.5. The molecule has 4 aromatic carbocycles. The van der Waals surface area contributed by atoms with Crippen molar-refractivity contribution in [2.24, 2.45) is 23.7 Å². The third kappa shape index (κ3) is 6.11. The van der Waals surface area contributed by atoms with E-state index in [0.717, 1.165) is 25.7 Å². The maximum absolute atomic E-state index is 10.0. The second-order valence-corrected chi connectivity index (χ2v) is 14.2. The van der Waals surface area contributed by atoms with Gasteiger partial charge in [0.05, 0.1) is 0 Å². The molecular weight excluding hydrogens is 568 g/mol. The Hall–Kier alpha value is -3.92. The summed E-state index contributed by atoms with van der Waals surface area (Å²) in [6, 6.07) is 31.2. The first-order valence-corrected chi connectivity index (χ1v) is 17.5. The van der Waals surface area contributed by atoms with Gasteiger partial charge in [-0.2, -0.15) is 0 Å². The van der Waals surface area contributed by atoms with E-state index in [0.29, 0.717) is 46.7 Å². The lowest BCUT2D eigenvalue weighted by molar-refractivity contribution is 0.0782. The van der Waals surface area contributed by atoms with Gasteiger partial charge in [0.2, 0.25) is 0 Å². The third-order valence-electron chi connectivity index (χ3n) is 12.2. The van der Waals surface area contributed by atoms with Crippen LogP contribution in [0.4, 0.5) is 0 Å². The summed E-state index contributed by atoms with van der Waals surface area (Å²) in [5, 5.41) is 40.1. The molecule has 2 saturated carbocycles. The van der Waals surface area contributed by atoms with Crippen molar-refractivity contribution in [1.29, 1.82) is 0 Å². The van der Waals surface area contributed by atoms with Gasteiger partial charge in [0.15, 0.2) is 0 Å². The largest absolute Gasteiger partial charge is 0.508 e. The zero-order valence-corrected chi connectivity index (χ0v) is 27.4. The Morgan fingerprint density at radius 1 is 0.435 bits per heavy atom. The van der Waals surface area contributed by atoms with Gasteiger partial charge in [-0.25, -0.2) is 0 Å². The van der Waals surface area contributed by atoms with Crippen molar-refractivity contribution in [1.82, 2.24) is 0 Å². The molecule has 0 aliphatic heterocycles.